The average Bonchev–Trinajstić information content (AvgIpc) is 2.44. The van der Waals surface area contributed by atoms with Crippen LogP contribution in [0.1, 0.15) is 11.3 Å². The Morgan fingerprint density at radius 3 is 2.74 bits per heavy atom. The lowest BCUT2D eigenvalue weighted by atomic mass is 10.1. The van der Waals surface area contributed by atoms with Gasteiger partial charge in [0.15, 0.2) is 0 Å². The summed E-state index contributed by atoms with van der Waals surface area (Å²) in [6.45, 7) is 2.79. The van der Waals surface area contributed by atoms with Crippen molar-refractivity contribution in [3.8, 4) is 0 Å². The predicted octanol–water partition coefficient (Wildman–Crippen LogP) is 2.61. The van der Waals surface area contributed by atoms with Crippen LogP contribution < -0.4 is 10.6 Å². The average molecular weight is 255 g/mol. The second kappa shape index (κ2) is 6.54. The summed E-state index contributed by atoms with van der Waals surface area (Å²) in [6.07, 6.45) is 3.36. The Morgan fingerprint density at radius 2 is 2.00 bits per heavy atom. The molecule has 2 aromatic rings. The van der Waals surface area contributed by atoms with Gasteiger partial charge in [-0.2, -0.15) is 0 Å². The number of anilines is 2. The minimum absolute atomic E-state index is 0.694. The number of pyridine rings is 1. The quantitative estimate of drug-likeness (QED) is 0.780. The monoisotopic (exact) mass is 255 g/mol. The standard InChI is InChI=1S/C15H17N3O/c1-12-14(6-4-7-15(12)18-11-19)17-10-8-13-5-2-3-9-16-13/h2-7,9,11,17H,8,10H2,1H3,(H,18,19). The van der Waals surface area contributed by atoms with Crippen molar-refractivity contribution in [1.29, 1.82) is 0 Å². The first-order valence-electron chi connectivity index (χ1n) is 6.25. The second-order valence-electron chi connectivity index (χ2n) is 4.24. The highest BCUT2D eigenvalue weighted by molar-refractivity contribution is 5.77. The Hall–Kier alpha value is -2.36. The lowest BCUT2D eigenvalue weighted by Crippen LogP contribution is -2.08. The van der Waals surface area contributed by atoms with Crippen LogP contribution in [0.5, 0.6) is 0 Å². The molecule has 0 aliphatic heterocycles. The molecule has 0 bridgehead atoms. The van der Waals surface area contributed by atoms with Gasteiger partial charge >= 0.3 is 0 Å². The number of aromatic nitrogens is 1. The van der Waals surface area contributed by atoms with Gasteiger partial charge in [0.25, 0.3) is 0 Å². The summed E-state index contributed by atoms with van der Waals surface area (Å²) >= 11 is 0. The molecule has 0 unspecified atom stereocenters. The highest BCUT2D eigenvalue weighted by Crippen LogP contribution is 2.22. The number of rotatable bonds is 6. The fourth-order valence-electron chi connectivity index (χ4n) is 1.92. The van der Waals surface area contributed by atoms with E-state index in [1.165, 1.54) is 0 Å². The summed E-state index contributed by atoms with van der Waals surface area (Å²) in [5, 5.41) is 6.06. The molecule has 1 heterocycles. The van der Waals surface area contributed by atoms with Crippen molar-refractivity contribution in [3.05, 3.63) is 53.9 Å². The number of nitrogens with one attached hydrogen (secondary N) is 2. The van der Waals surface area contributed by atoms with E-state index in [9.17, 15) is 4.79 Å². The summed E-state index contributed by atoms with van der Waals surface area (Å²) in [6, 6.07) is 11.7. The molecule has 0 saturated heterocycles. The van der Waals surface area contributed by atoms with Crippen molar-refractivity contribution in [2.45, 2.75) is 13.3 Å². The molecule has 98 valence electrons. The van der Waals surface area contributed by atoms with Gasteiger partial charge in [0.05, 0.1) is 0 Å². The van der Waals surface area contributed by atoms with Crippen LogP contribution in [-0.4, -0.2) is 17.9 Å². The number of nitrogens with zero attached hydrogens (tertiary/aromatic N) is 1. The van der Waals surface area contributed by atoms with E-state index in [1.54, 1.807) is 6.20 Å². The first-order valence-corrected chi connectivity index (χ1v) is 6.25. The van der Waals surface area contributed by atoms with Gasteiger partial charge in [-0.15, -0.1) is 0 Å². The molecular formula is C15H17N3O. The molecule has 2 N–H and O–H groups in total. The van der Waals surface area contributed by atoms with Gasteiger partial charge in [-0.25, -0.2) is 0 Å². The maximum absolute atomic E-state index is 10.5. The molecule has 0 aliphatic rings. The molecule has 0 saturated carbocycles. The molecule has 4 nitrogen and oxygen atoms in total. The molecule has 1 aromatic carbocycles. The molecule has 0 radical (unpaired) electrons. The van der Waals surface area contributed by atoms with E-state index in [4.69, 9.17) is 0 Å². The zero-order valence-electron chi connectivity index (χ0n) is 10.9. The van der Waals surface area contributed by atoms with E-state index in [2.05, 4.69) is 15.6 Å². The van der Waals surface area contributed by atoms with Gasteiger partial charge in [-0.1, -0.05) is 12.1 Å². The van der Waals surface area contributed by atoms with E-state index >= 15 is 0 Å². The van der Waals surface area contributed by atoms with Crippen molar-refractivity contribution >= 4 is 17.8 Å². The van der Waals surface area contributed by atoms with Gasteiger partial charge in [0.1, 0.15) is 0 Å². The van der Waals surface area contributed by atoms with Crippen molar-refractivity contribution < 1.29 is 4.79 Å². The number of hydrogen-bond acceptors (Lipinski definition) is 3. The maximum atomic E-state index is 10.5. The highest BCUT2D eigenvalue weighted by atomic mass is 16.1. The number of hydrogen-bond donors (Lipinski definition) is 2. The Bertz CT molecular complexity index is 540. The van der Waals surface area contributed by atoms with Crippen molar-refractivity contribution in [3.63, 3.8) is 0 Å². The van der Waals surface area contributed by atoms with Crippen molar-refractivity contribution in [2.75, 3.05) is 17.2 Å². The Kier molecular flexibility index (Phi) is 4.50. The molecule has 4 heteroatoms. The van der Waals surface area contributed by atoms with E-state index < -0.39 is 0 Å². The number of benzene rings is 1. The summed E-state index contributed by atoms with van der Waals surface area (Å²) in [4.78, 5) is 14.8. The predicted molar refractivity (Wildman–Crippen MR) is 77.3 cm³/mol. The zero-order chi connectivity index (χ0) is 13.5. The van der Waals surface area contributed by atoms with Crippen LogP contribution >= 0.6 is 0 Å². The normalized spacial score (nSPS) is 9.95. The number of amides is 1. The van der Waals surface area contributed by atoms with Gasteiger partial charge in [0.2, 0.25) is 6.41 Å². The van der Waals surface area contributed by atoms with E-state index in [0.29, 0.717) is 6.41 Å². The third-order valence-corrected chi connectivity index (χ3v) is 2.97. The van der Waals surface area contributed by atoms with Crippen LogP contribution in [0, 0.1) is 6.92 Å². The van der Waals surface area contributed by atoms with E-state index in [-0.39, 0.29) is 0 Å². The van der Waals surface area contributed by atoms with E-state index in [1.807, 2.05) is 43.3 Å². The van der Waals surface area contributed by atoms with Crippen LogP contribution in [0.4, 0.5) is 11.4 Å². The van der Waals surface area contributed by atoms with Crippen LogP contribution in [0.25, 0.3) is 0 Å². The molecule has 0 aliphatic carbocycles. The lowest BCUT2D eigenvalue weighted by molar-refractivity contribution is -0.105. The van der Waals surface area contributed by atoms with Gasteiger partial charge < -0.3 is 10.6 Å². The van der Waals surface area contributed by atoms with Crippen LogP contribution in [0.15, 0.2) is 42.6 Å². The summed E-state index contributed by atoms with van der Waals surface area (Å²) in [5.41, 5.74) is 3.96. The summed E-state index contributed by atoms with van der Waals surface area (Å²) < 4.78 is 0. The molecule has 19 heavy (non-hydrogen) atoms. The van der Waals surface area contributed by atoms with Gasteiger partial charge in [-0.3, -0.25) is 9.78 Å². The topological polar surface area (TPSA) is 54.0 Å². The smallest absolute Gasteiger partial charge is 0.211 e. The zero-order valence-corrected chi connectivity index (χ0v) is 10.9. The highest BCUT2D eigenvalue weighted by Gasteiger charge is 2.02. The third kappa shape index (κ3) is 3.55. The summed E-state index contributed by atoms with van der Waals surface area (Å²) in [7, 11) is 0. The number of carbonyl (C=O) groups is 1. The third-order valence-electron chi connectivity index (χ3n) is 2.97. The van der Waals surface area contributed by atoms with E-state index in [0.717, 1.165) is 35.6 Å². The Morgan fingerprint density at radius 1 is 1.16 bits per heavy atom. The molecule has 1 aromatic heterocycles. The fourth-order valence-corrected chi connectivity index (χ4v) is 1.92. The van der Waals surface area contributed by atoms with Crippen LogP contribution in [-0.2, 0) is 11.2 Å². The lowest BCUT2D eigenvalue weighted by Gasteiger charge is -2.12. The number of carbonyl (C=O) groups excluding carboxylic acids is 1. The minimum Gasteiger partial charge on any atom is -0.384 e. The fraction of sp³-hybridized carbons (Fsp3) is 0.200. The van der Waals surface area contributed by atoms with Crippen LogP contribution in [0.3, 0.4) is 0 Å². The largest absolute Gasteiger partial charge is 0.384 e. The molecular weight excluding hydrogens is 238 g/mol. The maximum Gasteiger partial charge on any atom is 0.211 e. The molecule has 0 spiro atoms. The minimum atomic E-state index is 0.694. The Balaban J connectivity index is 1.96. The van der Waals surface area contributed by atoms with Crippen molar-refractivity contribution in [1.82, 2.24) is 4.98 Å². The first-order chi connectivity index (χ1) is 9.31. The van der Waals surface area contributed by atoms with Crippen LogP contribution in [0.2, 0.25) is 0 Å². The molecule has 1 amide bonds. The molecule has 0 atom stereocenters. The SMILES string of the molecule is Cc1c(NC=O)cccc1NCCc1ccccn1. The molecule has 2 rings (SSSR count). The van der Waals surface area contributed by atoms with Crippen molar-refractivity contribution in [2.24, 2.45) is 0 Å². The summed E-state index contributed by atoms with van der Waals surface area (Å²) in [5.74, 6) is 0. The molecule has 0 fully saturated rings. The van der Waals surface area contributed by atoms with Gasteiger partial charge in [0, 0.05) is 36.2 Å². The second-order valence-corrected chi connectivity index (χ2v) is 4.24. The van der Waals surface area contributed by atoms with Gasteiger partial charge in [-0.05, 0) is 36.8 Å². The Labute approximate surface area is 112 Å². The first kappa shape index (κ1) is 13.1.